The average Bonchev–Trinajstić information content (AvgIpc) is 2.68. The number of ether oxygens (including phenoxy) is 2. The first-order chi connectivity index (χ1) is 12.5. The quantitative estimate of drug-likeness (QED) is 0.797. The molecule has 0 radical (unpaired) electrons. The van der Waals surface area contributed by atoms with Crippen LogP contribution in [0.4, 0.5) is 10.1 Å². The highest BCUT2D eigenvalue weighted by Crippen LogP contribution is 2.33. The van der Waals surface area contributed by atoms with Gasteiger partial charge in [0.05, 0.1) is 24.8 Å². The molecule has 0 unspecified atom stereocenters. The minimum absolute atomic E-state index is 0.103. The molecule has 1 aliphatic heterocycles. The molecule has 0 saturated carbocycles. The number of sulfonamides is 1. The predicted octanol–water partition coefficient (Wildman–Crippen LogP) is 2.35. The summed E-state index contributed by atoms with van der Waals surface area (Å²) in [6.45, 7) is 1.70. The Morgan fingerprint density at radius 3 is 2.15 bits per heavy atom. The zero-order chi connectivity index (χ0) is 18.7. The fraction of sp³-hybridized carbons (Fsp3) is 0.333. The number of hydrogen-bond donors (Lipinski definition) is 0. The van der Waals surface area contributed by atoms with Gasteiger partial charge in [-0.2, -0.15) is 4.31 Å². The lowest BCUT2D eigenvalue weighted by molar-refractivity contribution is 0.376. The van der Waals surface area contributed by atoms with E-state index in [4.69, 9.17) is 9.47 Å². The summed E-state index contributed by atoms with van der Waals surface area (Å²) in [5, 5.41) is 0. The summed E-state index contributed by atoms with van der Waals surface area (Å²) in [5.74, 6) is 0.960. The summed E-state index contributed by atoms with van der Waals surface area (Å²) < 4.78 is 50.6. The normalized spacial score (nSPS) is 15.7. The van der Waals surface area contributed by atoms with E-state index in [1.165, 1.54) is 16.4 Å². The number of methoxy groups -OCH3 is 2. The second-order valence-corrected chi connectivity index (χ2v) is 7.82. The van der Waals surface area contributed by atoms with E-state index in [1.807, 2.05) is 18.2 Å². The van der Waals surface area contributed by atoms with Crippen molar-refractivity contribution >= 4 is 15.7 Å². The van der Waals surface area contributed by atoms with Crippen LogP contribution in [0.25, 0.3) is 0 Å². The molecule has 0 N–H and O–H groups in total. The molecule has 1 saturated heterocycles. The molecule has 26 heavy (non-hydrogen) atoms. The molecule has 2 aromatic rings. The molecule has 6 nitrogen and oxygen atoms in total. The molecule has 2 aromatic carbocycles. The maximum atomic E-state index is 13.1. The third-order valence-electron chi connectivity index (χ3n) is 4.42. The topological polar surface area (TPSA) is 59.1 Å². The van der Waals surface area contributed by atoms with Crippen LogP contribution in [0.5, 0.6) is 11.5 Å². The van der Waals surface area contributed by atoms with E-state index in [9.17, 15) is 12.8 Å². The lowest BCUT2D eigenvalue weighted by Gasteiger charge is -2.36. The van der Waals surface area contributed by atoms with Crippen LogP contribution in [0.2, 0.25) is 0 Å². The number of halogens is 1. The Morgan fingerprint density at radius 1 is 0.923 bits per heavy atom. The summed E-state index contributed by atoms with van der Waals surface area (Å²) in [5.41, 5.74) is 0.866. The van der Waals surface area contributed by atoms with Gasteiger partial charge in [0, 0.05) is 32.2 Å². The molecule has 1 fully saturated rings. The van der Waals surface area contributed by atoms with Gasteiger partial charge in [-0.05, 0) is 36.4 Å². The summed E-state index contributed by atoms with van der Waals surface area (Å²) in [6.07, 6.45) is 0. The van der Waals surface area contributed by atoms with Gasteiger partial charge in [0.15, 0.2) is 0 Å². The van der Waals surface area contributed by atoms with Gasteiger partial charge >= 0.3 is 0 Å². The van der Waals surface area contributed by atoms with Crippen LogP contribution in [-0.2, 0) is 10.0 Å². The smallest absolute Gasteiger partial charge is 0.243 e. The molecular weight excluding hydrogens is 359 g/mol. The largest absolute Gasteiger partial charge is 0.497 e. The minimum Gasteiger partial charge on any atom is -0.497 e. The van der Waals surface area contributed by atoms with Gasteiger partial charge in [0.2, 0.25) is 10.0 Å². The van der Waals surface area contributed by atoms with Crippen LogP contribution >= 0.6 is 0 Å². The van der Waals surface area contributed by atoms with Crippen LogP contribution in [0.15, 0.2) is 47.4 Å². The van der Waals surface area contributed by atoms with Crippen LogP contribution in [0.3, 0.4) is 0 Å². The Balaban J connectivity index is 1.76. The average molecular weight is 380 g/mol. The standard InChI is InChI=1S/C18H21FN2O4S/c1-24-15-5-8-18(25-2)17(13-15)20-9-11-21(12-10-20)26(22,23)16-6-3-14(19)4-7-16/h3-8,13H,9-12H2,1-2H3. The van der Waals surface area contributed by atoms with Gasteiger partial charge in [-0.15, -0.1) is 0 Å². The molecular formula is C18H21FN2O4S. The molecule has 0 atom stereocenters. The first-order valence-electron chi connectivity index (χ1n) is 8.18. The summed E-state index contributed by atoms with van der Waals surface area (Å²) in [4.78, 5) is 2.17. The van der Waals surface area contributed by atoms with Crippen molar-refractivity contribution in [1.29, 1.82) is 0 Å². The summed E-state index contributed by atoms with van der Waals surface area (Å²) in [7, 11) is -0.435. The summed E-state index contributed by atoms with van der Waals surface area (Å²) in [6, 6.07) is 10.4. The highest BCUT2D eigenvalue weighted by Gasteiger charge is 2.29. The van der Waals surface area contributed by atoms with Crippen LogP contribution in [-0.4, -0.2) is 53.1 Å². The Morgan fingerprint density at radius 2 is 1.58 bits per heavy atom. The third kappa shape index (κ3) is 3.61. The van der Waals surface area contributed by atoms with Gasteiger partial charge in [-0.3, -0.25) is 0 Å². The summed E-state index contributed by atoms with van der Waals surface area (Å²) >= 11 is 0. The van der Waals surface area contributed by atoms with Gasteiger partial charge in [-0.1, -0.05) is 0 Å². The molecule has 1 heterocycles. The molecule has 0 spiro atoms. The number of nitrogens with zero attached hydrogens (tertiary/aromatic N) is 2. The van der Waals surface area contributed by atoms with Crippen LogP contribution in [0, 0.1) is 5.82 Å². The minimum atomic E-state index is -3.63. The molecule has 1 aliphatic rings. The van der Waals surface area contributed by atoms with E-state index in [0.717, 1.165) is 17.8 Å². The zero-order valence-electron chi connectivity index (χ0n) is 14.7. The Bertz CT molecular complexity index is 863. The van der Waals surface area contributed by atoms with Crippen molar-refractivity contribution in [2.75, 3.05) is 45.3 Å². The second kappa shape index (κ2) is 7.51. The highest BCUT2D eigenvalue weighted by molar-refractivity contribution is 7.89. The van der Waals surface area contributed by atoms with Crippen molar-refractivity contribution in [3.05, 3.63) is 48.3 Å². The van der Waals surface area contributed by atoms with E-state index in [1.54, 1.807) is 14.2 Å². The number of hydrogen-bond acceptors (Lipinski definition) is 5. The Hall–Kier alpha value is -2.32. The van der Waals surface area contributed by atoms with Gasteiger partial charge < -0.3 is 14.4 Å². The van der Waals surface area contributed by atoms with Crippen LogP contribution in [0.1, 0.15) is 0 Å². The predicted molar refractivity (Wildman–Crippen MR) is 96.9 cm³/mol. The van der Waals surface area contributed by atoms with Crippen molar-refractivity contribution in [3.63, 3.8) is 0 Å². The lowest BCUT2D eigenvalue weighted by Crippen LogP contribution is -2.48. The van der Waals surface area contributed by atoms with Crippen molar-refractivity contribution in [1.82, 2.24) is 4.31 Å². The van der Waals surface area contributed by atoms with Crippen molar-refractivity contribution in [2.45, 2.75) is 4.90 Å². The van der Waals surface area contributed by atoms with Crippen molar-refractivity contribution in [2.24, 2.45) is 0 Å². The van der Waals surface area contributed by atoms with E-state index < -0.39 is 15.8 Å². The molecule has 0 aromatic heterocycles. The number of anilines is 1. The van der Waals surface area contributed by atoms with E-state index in [2.05, 4.69) is 4.90 Å². The molecule has 0 aliphatic carbocycles. The van der Waals surface area contributed by atoms with Gasteiger partial charge in [-0.25, -0.2) is 12.8 Å². The first-order valence-corrected chi connectivity index (χ1v) is 9.62. The van der Waals surface area contributed by atoms with E-state index >= 15 is 0 Å². The highest BCUT2D eigenvalue weighted by atomic mass is 32.2. The van der Waals surface area contributed by atoms with Gasteiger partial charge in [0.25, 0.3) is 0 Å². The first kappa shape index (κ1) is 18.5. The maximum absolute atomic E-state index is 13.1. The third-order valence-corrected chi connectivity index (χ3v) is 6.33. The fourth-order valence-corrected chi connectivity index (χ4v) is 4.39. The van der Waals surface area contributed by atoms with Crippen molar-refractivity contribution in [3.8, 4) is 11.5 Å². The van der Waals surface area contributed by atoms with Crippen molar-refractivity contribution < 1.29 is 22.3 Å². The SMILES string of the molecule is COc1ccc(OC)c(N2CCN(S(=O)(=O)c3ccc(F)cc3)CC2)c1. The molecule has 0 bridgehead atoms. The van der Waals surface area contributed by atoms with E-state index in [0.29, 0.717) is 37.7 Å². The van der Waals surface area contributed by atoms with Crippen LogP contribution < -0.4 is 14.4 Å². The molecule has 0 amide bonds. The number of rotatable bonds is 5. The molecule has 140 valence electrons. The molecule has 3 rings (SSSR count). The zero-order valence-corrected chi connectivity index (χ0v) is 15.5. The Labute approximate surface area is 152 Å². The monoisotopic (exact) mass is 380 g/mol. The van der Waals surface area contributed by atoms with E-state index in [-0.39, 0.29) is 4.90 Å². The lowest BCUT2D eigenvalue weighted by atomic mass is 10.2. The fourth-order valence-electron chi connectivity index (χ4n) is 2.97. The Kier molecular flexibility index (Phi) is 5.33. The second-order valence-electron chi connectivity index (χ2n) is 5.88. The number of benzene rings is 2. The number of piperazine rings is 1. The molecule has 8 heteroatoms. The maximum Gasteiger partial charge on any atom is 0.243 e. The van der Waals surface area contributed by atoms with Gasteiger partial charge in [0.1, 0.15) is 17.3 Å².